The van der Waals surface area contributed by atoms with Crippen molar-refractivity contribution in [2.75, 3.05) is 11.9 Å². The number of ether oxygens (including phenoxy) is 1. The maximum Gasteiger partial charge on any atom is 0.374 e. The van der Waals surface area contributed by atoms with Gasteiger partial charge in [0.2, 0.25) is 5.76 Å². The fourth-order valence-corrected chi connectivity index (χ4v) is 3.49. The molecular weight excluding hydrogens is 390 g/mol. The highest BCUT2D eigenvalue weighted by Gasteiger charge is 2.17. The standard InChI is InChI=1S/C21H13N3O4S/c22-11-13-5-7-14(8-6-13)23-19(25)12-27-21(26)17-10-9-16(28-17)20-24-15-3-1-2-4-18(15)29-20/h1-10H,12H2,(H,23,25). The largest absolute Gasteiger partial charge is 0.450 e. The van der Waals surface area contributed by atoms with Gasteiger partial charge in [0.05, 0.1) is 21.8 Å². The minimum absolute atomic E-state index is 0.00886. The van der Waals surface area contributed by atoms with Crippen LogP contribution in [0, 0.1) is 11.3 Å². The zero-order valence-electron chi connectivity index (χ0n) is 14.9. The first-order chi connectivity index (χ1) is 14.1. The van der Waals surface area contributed by atoms with E-state index < -0.39 is 18.5 Å². The third kappa shape index (κ3) is 4.15. The van der Waals surface area contributed by atoms with Crippen LogP contribution in [0.4, 0.5) is 5.69 Å². The van der Waals surface area contributed by atoms with Gasteiger partial charge < -0.3 is 14.5 Å². The number of amides is 1. The van der Waals surface area contributed by atoms with Crippen LogP contribution < -0.4 is 5.32 Å². The highest BCUT2D eigenvalue weighted by Crippen LogP contribution is 2.31. The van der Waals surface area contributed by atoms with Crippen molar-refractivity contribution in [1.29, 1.82) is 5.26 Å². The van der Waals surface area contributed by atoms with Gasteiger partial charge in [0.25, 0.3) is 5.91 Å². The Kier molecular flexibility index (Phi) is 5.05. The number of nitriles is 1. The average molecular weight is 403 g/mol. The summed E-state index contributed by atoms with van der Waals surface area (Å²) >= 11 is 1.46. The third-order valence-electron chi connectivity index (χ3n) is 3.94. The van der Waals surface area contributed by atoms with Crippen LogP contribution in [0.5, 0.6) is 0 Å². The molecule has 0 spiro atoms. The SMILES string of the molecule is N#Cc1ccc(NC(=O)COC(=O)c2ccc(-c3nc4ccccc4s3)o2)cc1. The van der Waals surface area contributed by atoms with Crippen LogP contribution in [-0.4, -0.2) is 23.5 Å². The number of hydrogen-bond acceptors (Lipinski definition) is 7. The third-order valence-corrected chi connectivity index (χ3v) is 4.99. The Bertz CT molecular complexity index is 1200. The van der Waals surface area contributed by atoms with Crippen molar-refractivity contribution < 1.29 is 18.7 Å². The van der Waals surface area contributed by atoms with Gasteiger partial charge in [-0.05, 0) is 48.5 Å². The number of carbonyl (C=O) groups is 2. The molecule has 4 aromatic rings. The summed E-state index contributed by atoms with van der Waals surface area (Å²) in [7, 11) is 0. The molecule has 29 heavy (non-hydrogen) atoms. The van der Waals surface area contributed by atoms with E-state index in [-0.39, 0.29) is 5.76 Å². The number of nitrogens with one attached hydrogen (secondary N) is 1. The zero-order valence-corrected chi connectivity index (χ0v) is 15.7. The summed E-state index contributed by atoms with van der Waals surface area (Å²) in [6, 6.07) is 19.2. The lowest BCUT2D eigenvalue weighted by Crippen LogP contribution is -2.20. The lowest BCUT2D eigenvalue weighted by atomic mass is 10.2. The van der Waals surface area contributed by atoms with E-state index >= 15 is 0 Å². The molecule has 7 nitrogen and oxygen atoms in total. The molecule has 0 saturated carbocycles. The molecule has 0 bridgehead atoms. The predicted molar refractivity (Wildman–Crippen MR) is 107 cm³/mol. The van der Waals surface area contributed by atoms with Gasteiger partial charge in [-0.2, -0.15) is 5.26 Å². The summed E-state index contributed by atoms with van der Waals surface area (Å²) in [5.74, 6) is -0.793. The molecular formula is C21H13N3O4S. The molecule has 8 heteroatoms. The van der Waals surface area contributed by atoms with Crippen LogP contribution in [0.15, 0.2) is 65.1 Å². The van der Waals surface area contributed by atoms with Gasteiger partial charge in [0.15, 0.2) is 17.4 Å². The normalized spacial score (nSPS) is 10.4. The molecule has 0 saturated heterocycles. The number of carbonyl (C=O) groups excluding carboxylic acids is 2. The smallest absolute Gasteiger partial charge is 0.374 e. The number of thiazole rings is 1. The van der Waals surface area contributed by atoms with Crippen molar-refractivity contribution in [3.8, 4) is 16.8 Å². The number of hydrogen-bond donors (Lipinski definition) is 1. The van der Waals surface area contributed by atoms with Gasteiger partial charge in [0.1, 0.15) is 0 Å². The van der Waals surface area contributed by atoms with E-state index in [2.05, 4.69) is 10.3 Å². The number of nitrogens with zero attached hydrogens (tertiary/aromatic N) is 2. The van der Waals surface area contributed by atoms with E-state index in [0.29, 0.717) is 22.0 Å². The van der Waals surface area contributed by atoms with Crippen LogP contribution in [0.1, 0.15) is 16.1 Å². The fourth-order valence-electron chi connectivity index (χ4n) is 2.57. The summed E-state index contributed by atoms with van der Waals surface area (Å²) in [6.07, 6.45) is 0. The van der Waals surface area contributed by atoms with Crippen LogP contribution in [-0.2, 0) is 9.53 Å². The van der Waals surface area contributed by atoms with Crippen LogP contribution in [0.2, 0.25) is 0 Å². The molecule has 4 rings (SSSR count). The van der Waals surface area contributed by atoms with Crippen LogP contribution in [0.25, 0.3) is 21.0 Å². The van der Waals surface area contributed by atoms with Gasteiger partial charge in [-0.3, -0.25) is 4.79 Å². The van der Waals surface area contributed by atoms with Crippen LogP contribution in [0.3, 0.4) is 0 Å². The number of para-hydroxylation sites is 1. The maximum absolute atomic E-state index is 12.2. The Morgan fingerprint density at radius 1 is 1.10 bits per heavy atom. The number of furan rings is 1. The number of benzene rings is 2. The Morgan fingerprint density at radius 2 is 1.90 bits per heavy atom. The molecule has 2 heterocycles. The Morgan fingerprint density at radius 3 is 2.66 bits per heavy atom. The van der Waals surface area contributed by atoms with Crippen molar-refractivity contribution in [1.82, 2.24) is 4.98 Å². The minimum Gasteiger partial charge on any atom is -0.450 e. The lowest BCUT2D eigenvalue weighted by Gasteiger charge is -2.05. The number of esters is 1. The van der Waals surface area contributed by atoms with Gasteiger partial charge in [-0.25, -0.2) is 9.78 Å². The second-order valence-electron chi connectivity index (χ2n) is 5.96. The average Bonchev–Trinajstić information content (AvgIpc) is 3.39. The molecule has 0 unspecified atom stereocenters. The number of fused-ring (bicyclic) bond motifs is 1. The Balaban J connectivity index is 1.36. The zero-order chi connectivity index (χ0) is 20.2. The monoisotopic (exact) mass is 403 g/mol. The van der Waals surface area contributed by atoms with Gasteiger partial charge in [-0.15, -0.1) is 11.3 Å². The first kappa shape index (κ1) is 18.4. The minimum atomic E-state index is -0.743. The highest BCUT2D eigenvalue weighted by molar-refractivity contribution is 7.21. The van der Waals surface area contributed by atoms with E-state index in [1.807, 2.05) is 30.3 Å². The molecule has 0 aliphatic heterocycles. The first-order valence-electron chi connectivity index (χ1n) is 8.55. The second kappa shape index (κ2) is 7.96. The second-order valence-corrected chi connectivity index (χ2v) is 6.99. The number of aromatic nitrogens is 1. The molecule has 1 N–H and O–H groups in total. The summed E-state index contributed by atoms with van der Waals surface area (Å²) in [6.45, 7) is -0.462. The van der Waals surface area contributed by atoms with E-state index in [0.717, 1.165) is 10.2 Å². The van der Waals surface area contributed by atoms with E-state index in [4.69, 9.17) is 14.4 Å². The maximum atomic E-state index is 12.2. The van der Waals surface area contributed by atoms with E-state index in [1.54, 1.807) is 30.3 Å². The summed E-state index contributed by atoms with van der Waals surface area (Å²) < 4.78 is 11.6. The Hall–Kier alpha value is -3.96. The molecule has 2 aromatic heterocycles. The molecule has 0 fully saturated rings. The topological polar surface area (TPSA) is 105 Å². The number of rotatable bonds is 5. The predicted octanol–water partition coefficient (Wildman–Crippen LogP) is 4.22. The van der Waals surface area contributed by atoms with Gasteiger partial charge in [0, 0.05) is 5.69 Å². The summed E-state index contributed by atoms with van der Waals surface area (Å²) in [4.78, 5) is 28.6. The van der Waals surface area contributed by atoms with Crippen molar-refractivity contribution in [2.24, 2.45) is 0 Å². The van der Waals surface area contributed by atoms with Crippen LogP contribution >= 0.6 is 11.3 Å². The quantitative estimate of drug-likeness (QED) is 0.500. The first-order valence-corrected chi connectivity index (χ1v) is 9.37. The molecule has 0 atom stereocenters. The molecule has 2 aromatic carbocycles. The molecule has 0 radical (unpaired) electrons. The summed E-state index contributed by atoms with van der Waals surface area (Å²) in [5, 5.41) is 12.0. The van der Waals surface area contributed by atoms with Crippen molar-refractivity contribution in [3.05, 3.63) is 72.0 Å². The van der Waals surface area contributed by atoms with Crippen molar-refractivity contribution in [2.45, 2.75) is 0 Å². The molecule has 0 aliphatic carbocycles. The van der Waals surface area contributed by atoms with Gasteiger partial charge >= 0.3 is 5.97 Å². The van der Waals surface area contributed by atoms with Crippen molar-refractivity contribution in [3.63, 3.8) is 0 Å². The van der Waals surface area contributed by atoms with Crippen molar-refractivity contribution >= 4 is 39.1 Å². The van der Waals surface area contributed by atoms with E-state index in [1.165, 1.54) is 17.4 Å². The molecule has 0 aliphatic rings. The van der Waals surface area contributed by atoms with Gasteiger partial charge in [-0.1, -0.05) is 12.1 Å². The number of anilines is 1. The molecule has 142 valence electrons. The molecule has 1 amide bonds. The highest BCUT2D eigenvalue weighted by atomic mass is 32.1. The van der Waals surface area contributed by atoms with E-state index in [9.17, 15) is 9.59 Å². The Labute approximate surface area is 169 Å². The lowest BCUT2D eigenvalue weighted by molar-refractivity contribution is -0.119. The fraction of sp³-hybridized carbons (Fsp3) is 0.0476. The summed E-state index contributed by atoms with van der Waals surface area (Å²) in [5.41, 5.74) is 1.84.